The van der Waals surface area contributed by atoms with Gasteiger partial charge >= 0.3 is 0 Å². The van der Waals surface area contributed by atoms with Gasteiger partial charge in [0.25, 0.3) is 5.91 Å². The summed E-state index contributed by atoms with van der Waals surface area (Å²) in [4.78, 5) is 18.8. The lowest BCUT2D eigenvalue weighted by Crippen LogP contribution is -2.49. The van der Waals surface area contributed by atoms with Crippen molar-refractivity contribution in [3.8, 4) is 0 Å². The molecule has 1 fully saturated rings. The van der Waals surface area contributed by atoms with Gasteiger partial charge in [-0.05, 0) is 31.2 Å². The maximum Gasteiger partial charge on any atom is 0.264 e. The fourth-order valence-electron chi connectivity index (χ4n) is 3.26. The lowest BCUT2D eigenvalue weighted by atomic mass is 9.96. The number of hydrogen-bond acceptors (Lipinski definition) is 6. The Morgan fingerprint density at radius 3 is 2.41 bits per heavy atom. The molecule has 1 saturated heterocycles. The minimum Gasteiger partial charge on any atom is -0.352 e. The monoisotopic (exact) mass is 384 g/mol. The number of aromatic nitrogens is 4. The quantitative estimate of drug-likeness (QED) is 0.680. The van der Waals surface area contributed by atoms with E-state index in [1.807, 2.05) is 40.6 Å². The molecule has 0 bridgehead atoms. The van der Waals surface area contributed by atoms with Gasteiger partial charge in [0.05, 0.1) is 4.88 Å². The number of amides is 1. The summed E-state index contributed by atoms with van der Waals surface area (Å²) in [5.74, 6) is 1.87. The van der Waals surface area contributed by atoms with Gasteiger partial charge in [-0.2, -0.15) is 4.52 Å². The number of aryl methyl sites for hydroxylation is 1. The molecule has 0 N–H and O–H groups in total. The molecular formula is C19H24N6OS. The van der Waals surface area contributed by atoms with Crippen molar-refractivity contribution in [3.63, 3.8) is 0 Å². The summed E-state index contributed by atoms with van der Waals surface area (Å²) < 4.78 is 1.83. The first-order chi connectivity index (χ1) is 12.8. The van der Waals surface area contributed by atoms with Crippen LogP contribution >= 0.6 is 11.3 Å². The minimum absolute atomic E-state index is 0.130. The van der Waals surface area contributed by atoms with Gasteiger partial charge in [0.15, 0.2) is 11.5 Å². The van der Waals surface area contributed by atoms with Crippen LogP contribution in [-0.4, -0.2) is 56.8 Å². The number of thiophene rings is 1. The van der Waals surface area contributed by atoms with Crippen molar-refractivity contribution in [1.82, 2.24) is 24.7 Å². The Labute approximate surface area is 162 Å². The summed E-state index contributed by atoms with van der Waals surface area (Å²) in [7, 11) is 0. The smallest absolute Gasteiger partial charge is 0.264 e. The van der Waals surface area contributed by atoms with Crippen molar-refractivity contribution < 1.29 is 4.79 Å². The third-order valence-corrected chi connectivity index (χ3v) is 5.75. The summed E-state index contributed by atoms with van der Waals surface area (Å²) in [6.07, 6.45) is 0. The molecule has 0 aliphatic carbocycles. The van der Waals surface area contributed by atoms with Crippen LogP contribution < -0.4 is 4.90 Å². The molecule has 0 spiro atoms. The molecule has 27 heavy (non-hydrogen) atoms. The molecule has 0 aromatic carbocycles. The standard InChI is InChI=1S/C19H24N6OS/c1-13-5-6-14(27-13)17(26)24-11-9-23(10-12-24)16-8-7-15-20-21-18(19(2,3)4)25(15)22-16/h5-8H,9-12H2,1-4H3. The van der Waals surface area contributed by atoms with Crippen LogP contribution in [0.5, 0.6) is 0 Å². The molecule has 3 aromatic rings. The number of piperazine rings is 1. The second-order valence-corrected chi connectivity index (χ2v) is 9.21. The highest BCUT2D eigenvalue weighted by atomic mass is 32.1. The molecule has 0 unspecified atom stereocenters. The van der Waals surface area contributed by atoms with E-state index < -0.39 is 0 Å². The van der Waals surface area contributed by atoms with E-state index in [9.17, 15) is 4.79 Å². The fourth-order valence-corrected chi connectivity index (χ4v) is 4.09. The van der Waals surface area contributed by atoms with Crippen LogP contribution in [0, 0.1) is 6.92 Å². The largest absolute Gasteiger partial charge is 0.352 e. The first-order valence-electron chi connectivity index (χ1n) is 9.16. The van der Waals surface area contributed by atoms with Crippen molar-refractivity contribution in [1.29, 1.82) is 0 Å². The second-order valence-electron chi connectivity index (χ2n) is 7.92. The number of hydrogen-bond donors (Lipinski definition) is 0. The fraction of sp³-hybridized carbons (Fsp3) is 0.474. The Balaban J connectivity index is 1.50. The second kappa shape index (κ2) is 6.60. The minimum atomic E-state index is -0.130. The van der Waals surface area contributed by atoms with Gasteiger partial charge in [0.1, 0.15) is 5.82 Å². The van der Waals surface area contributed by atoms with Crippen molar-refractivity contribution in [2.45, 2.75) is 33.1 Å². The van der Waals surface area contributed by atoms with E-state index in [1.54, 1.807) is 11.3 Å². The van der Waals surface area contributed by atoms with Crippen LogP contribution in [0.15, 0.2) is 24.3 Å². The molecule has 7 nitrogen and oxygen atoms in total. The molecule has 4 heterocycles. The first kappa shape index (κ1) is 17.9. The zero-order valence-corrected chi connectivity index (χ0v) is 17.0. The average Bonchev–Trinajstić information content (AvgIpc) is 3.26. The predicted molar refractivity (Wildman–Crippen MR) is 107 cm³/mol. The SMILES string of the molecule is Cc1ccc(C(=O)N2CCN(c3ccc4nnc(C(C)(C)C)n4n3)CC2)s1. The first-order valence-corrected chi connectivity index (χ1v) is 9.98. The highest BCUT2D eigenvalue weighted by Gasteiger charge is 2.25. The van der Waals surface area contributed by atoms with Gasteiger partial charge in [-0.3, -0.25) is 4.79 Å². The topological polar surface area (TPSA) is 66.6 Å². The van der Waals surface area contributed by atoms with E-state index in [1.165, 1.54) is 0 Å². The summed E-state index contributed by atoms with van der Waals surface area (Å²) in [6, 6.07) is 7.86. The maximum absolute atomic E-state index is 12.6. The molecule has 1 aliphatic rings. The van der Waals surface area contributed by atoms with Crippen LogP contribution in [0.2, 0.25) is 0 Å². The lowest BCUT2D eigenvalue weighted by molar-refractivity contribution is 0.0751. The lowest BCUT2D eigenvalue weighted by Gasteiger charge is -2.35. The van der Waals surface area contributed by atoms with E-state index in [4.69, 9.17) is 5.10 Å². The van der Waals surface area contributed by atoms with Gasteiger partial charge in [-0.15, -0.1) is 26.6 Å². The number of carbonyl (C=O) groups excluding carboxylic acids is 1. The molecule has 0 saturated carbocycles. The van der Waals surface area contributed by atoms with Crippen LogP contribution in [-0.2, 0) is 5.41 Å². The van der Waals surface area contributed by atoms with Crippen molar-refractivity contribution in [2.75, 3.05) is 31.1 Å². The molecule has 0 atom stereocenters. The van der Waals surface area contributed by atoms with Crippen LogP contribution in [0.1, 0.15) is 41.1 Å². The van der Waals surface area contributed by atoms with Crippen LogP contribution in [0.3, 0.4) is 0 Å². The summed E-state index contributed by atoms with van der Waals surface area (Å²) in [5.41, 5.74) is 0.625. The number of fused-ring (bicyclic) bond motifs is 1. The number of rotatable bonds is 2. The van der Waals surface area contributed by atoms with E-state index in [2.05, 4.69) is 35.9 Å². The van der Waals surface area contributed by atoms with Crippen LogP contribution in [0.25, 0.3) is 5.65 Å². The highest BCUT2D eigenvalue weighted by Crippen LogP contribution is 2.23. The third kappa shape index (κ3) is 3.41. The van der Waals surface area contributed by atoms with Crippen molar-refractivity contribution in [3.05, 3.63) is 39.8 Å². The van der Waals surface area contributed by atoms with Gasteiger partial charge < -0.3 is 9.80 Å². The summed E-state index contributed by atoms with van der Waals surface area (Å²) in [5, 5.41) is 13.3. The third-order valence-electron chi connectivity index (χ3n) is 4.76. The van der Waals surface area contributed by atoms with Gasteiger partial charge in [0, 0.05) is 36.5 Å². The Morgan fingerprint density at radius 1 is 1.04 bits per heavy atom. The Hall–Kier alpha value is -2.48. The van der Waals surface area contributed by atoms with E-state index in [0.717, 1.165) is 40.1 Å². The molecule has 4 rings (SSSR count). The van der Waals surface area contributed by atoms with Crippen molar-refractivity contribution in [2.24, 2.45) is 0 Å². The Kier molecular flexibility index (Phi) is 4.38. The molecule has 1 amide bonds. The van der Waals surface area contributed by atoms with E-state index >= 15 is 0 Å². The molecule has 0 radical (unpaired) electrons. The molecule has 8 heteroatoms. The number of anilines is 1. The molecular weight excluding hydrogens is 360 g/mol. The van der Waals surface area contributed by atoms with Gasteiger partial charge in [-0.25, -0.2) is 0 Å². The predicted octanol–water partition coefficient (Wildman–Crippen LogP) is 2.75. The Morgan fingerprint density at radius 2 is 1.78 bits per heavy atom. The molecule has 142 valence electrons. The molecule has 3 aromatic heterocycles. The zero-order chi connectivity index (χ0) is 19.2. The average molecular weight is 385 g/mol. The Bertz CT molecular complexity index is 978. The van der Waals surface area contributed by atoms with Crippen molar-refractivity contribution >= 4 is 28.7 Å². The van der Waals surface area contributed by atoms with E-state index in [0.29, 0.717) is 13.1 Å². The molecule has 1 aliphatic heterocycles. The van der Waals surface area contributed by atoms with Crippen LogP contribution in [0.4, 0.5) is 5.82 Å². The highest BCUT2D eigenvalue weighted by molar-refractivity contribution is 7.13. The van der Waals surface area contributed by atoms with Gasteiger partial charge in [0.2, 0.25) is 0 Å². The zero-order valence-electron chi connectivity index (χ0n) is 16.1. The maximum atomic E-state index is 12.6. The normalized spacial score (nSPS) is 15.6. The van der Waals surface area contributed by atoms with Gasteiger partial charge in [-0.1, -0.05) is 20.8 Å². The summed E-state index contributed by atoms with van der Waals surface area (Å²) in [6.45, 7) is 11.3. The van der Waals surface area contributed by atoms with E-state index in [-0.39, 0.29) is 11.3 Å². The number of nitrogens with zero attached hydrogens (tertiary/aromatic N) is 6. The summed E-state index contributed by atoms with van der Waals surface area (Å²) >= 11 is 1.56. The number of carbonyl (C=O) groups is 1.